The Morgan fingerprint density at radius 1 is 1.00 bits per heavy atom. The van der Waals surface area contributed by atoms with Gasteiger partial charge >= 0.3 is 0 Å². The van der Waals surface area contributed by atoms with Crippen molar-refractivity contribution in [3.05, 3.63) is 63.6 Å². The minimum Gasteiger partial charge on any atom is -0.325 e. The van der Waals surface area contributed by atoms with Crippen molar-refractivity contribution in [2.75, 3.05) is 38.0 Å². The third-order valence-corrected chi connectivity index (χ3v) is 5.07. The maximum absolute atomic E-state index is 12.3. The summed E-state index contributed by atoms with van der Waals surface area (Å²) in [5, 5.41) is 3.89. The molecule has 1 N–H and O–H groups in total. The van der Waals surface area contributed by atoms with Crippen LogP contribution >= 0.6 is 23.2 Å². The highest BCUT2D eigenvalue weighted by Gasteiger charge is 2.19. The molecule has 26 heavy (non-hydrogen) atoms. The first-order valence-corrected chi connectivity index (χ1v) is 9.50. The second kappa shape index (κ2) is 8.87. The highest BCUT2D eigenvalue weighted by molar-refractivity contribution is 6.35. The predicted molar refractivity (Wildman–Crippen MR) is 108 cm³/mol. The Hall–Kier alpha value is -1.59. The molecule has 0 atom stereocenters. The van der Waals surface area contributed by atoms with Gasteiger partial charge in [0.1, 0.15) is 0 Å². The van der Waals surface area contributed by atoms with Crippen LogP contribution < -0.4 is 5.32 Å². The van der Waals surface area contributed by atoms with E-state index in [1.54, 1.807) is 18.2 Å². The summed E-state index contributed by atoms with van der Waals surface area (Å²) in [5.74, 6) is -0.0457. The van der Waals surface area contributed by atoms with Gasteiger partial charge in [0.2, 0.25) is 5.91 Å². The number of aryl methyl sites for hydroxylation is 1. The van der Waals surface area contributed by atoms with Crippen LogP contribution in [0, 0.1) is 6.92 Å². The molecule has 0 unspecified atom stereocenters. The highest BCUT2D eigenvalue weighted by atomic mass is 35.5. The van der Waals surface area contributed by atoms with Crippen molar-refractivity contribution in [3.63, 3.8) is 0 Å². The molecule has 1 fully saturated rings. The van der Waals surface area contributed by atoms with E-state index < -0.39 is 0 Å². The predicted octanol–water partition coefficient (Wildman–Crippen LogP) is 4.06. The van der Waals surface area contributed by atoms with E-state index in [0.717, 1.165) is 32.7 Å². The van der Waals surface area contributed by atoms with Gasteiger partial charge in [0, 0.05) is 48.5 Å². The van der Waals surface area contributed by atoms with Crippen molar-refractivity contribution in [3.8, 4) is 0 Å². The van der Waals surface area contributed by atoms with Crippen LogP contribution in [0.15, 0.2) is 42.5 Å². The van der Waals surface area contributed by atoms with Crippen LogP contribution in [0.3, 0.4) is 0 Å². The van der Waals surface area contributed by atoms with Crippen LogP contribution in [-0.2, 0) is 11.3 Å². The average Bonchev–Trinajstić information content (AvgIpc) is 2.57. The van der Waals surface area contributed by atoms with Crippen LogP contribution in [-0.4, -0.2) is 48.4 Å². The van der Waals surface area contributed by atoms with Crippen molar-refractivity contribution in [1.29, 1.82) is 0 Å². The zero-order chi connectivity index (χ0) is 18.5. The third kappa shape index (κ3) is 5.45. The molecule has 2 aromatic rings. The molecule has 1 aliphatic rings. The molecule has 1 aliphatic heterocycles. The normalized spacial score (nSPS) is 15.8. The van der Waals surface area contributed by atoms with E-state index in [1.165, 1.54) is 11.1 Å². The van der Waals surface area contributed by atoms with Crippen molar-refractivity contribution in [2.45, 2.75) is 13.5 Å². The Labute approximate surface area is 164 Å². The second-order valence-electron chi connectivity index (χ2n) is 6.69. The van der Waals surface area contributed by atoms with Gasteiger partial charge in [0.05, 0.1) is 6.54 Å². The van der Waals surface area contributed by atoms with Gasteiger partial charge in [-0.2, -0.15) is 0 Å². The number of halogens is 2. The number of rotatable bonds is 5. The van der Waals surface area contributed by atoms with Crippen molar-refractivity contribution < 1.29 is 4.79 Å². The Morgan fingerprint density at radius 2 is 1.62 bits per heavy atom. The molecule has 2 aromatic carbocycles. The van der Waals surface area contributed by atoms with Crippen molar-refractivity contribution in [1.82, 2.24) is 9.80 Å². The van der Waals surface area contributed by atoms with Gasteiger partial charge in [-0.25, -0.2) is 0 Å². The van der Waals surface area contributed by atoms with Crippen LogP contribution in [0.2, 0.25) is 10.0 Å². The maximum atomic E-state index is 12.3. The summed E-state index contributed by atoms with van der Waals surface area (Å²) in [6.07, 6.45) is 0. The minimum absolute atomic E-state index is 0.0457. The summed E-state index contributed by atoms with van der Waals surface area (Å²) < 4.78 is 0. The van der Waals surface area contributed by atoms with Crippen LogP contribution in [0.25, 0.3) is 0 Å². The minimum atomic E-state index is -0.0457. The molecule has 0 radical (unpaired) electrons. The lowest BCUT2D eigenvalue weighted by molar-refractivity contribution is -0.117. The summed E-state index contributed by atoms with van der Waals surface area (Å²) in [5.41, 5.74) is 3.33. The van der Waals surface area contributed by atoms with Gasteiger partial charge in [-0.1, -0.05) is 47.5 Å². The van der Waals surface area contributed by atoms with Gasteiger partial charge in [0.15, 0.2) is 0 Å². The molecule has 0 aliphatic carbocycles. The molecule has 6 heteroatoms. The molecule has 138 valence electrons. The molecule has 1 saturated heterocycles. The fraction of sp³-hybridized carbons (Fsp3) is 0.350. The summed E-state index contributed by atoms with van der Waals surface area (Å²) in [4.78, 5) is 16.9. The summed E-state index contributed by atoms with van der Waals surface area (Å²) in [6, 6.07) is 13.5. The van der Waals surface area contributed by atoms with Crippen LogP contribution in [0.1, 0.15) is 11.1 Å². The average molecular weight is 392 g/mol. The van der Waals surface area contributed by atoms with E-state index in [1.807, 2.05) is 0 Å². The van der Waals surface area contributed by atoms with Gasteiger partial charge in [0.25, 0.3) is 0 Å². The second-order valence-corrected chi connectivity index (χ2v) is 7.56. The first kappa shape index (κ1) is 19.2. The number of nitrogens with one attached hydrogen (secondary N) is 1. The first-order chi connectivity index (χ1) is 12.5. The number of carbonyl (C=O) groups excluding carboxylic acids is 1. The molecule has 1 amide bonds. The molecule has 0 saturated carbocycles. The number of carbonyl (C=O) groups is 1. The van der Waals surface area contributed by atoms with E-state index in [-0.39, 0.29) is 5.91 Å². The Balaban J connectivity index is 1.46. The van der Waals surface area contributed by atoms with E-state index in [9.17, 15) is 4.79 Å². The van der Waals surface area contributed by atoms with E-state index >= 15 is 0 Å². The number of nitrogens with zero attached hydrogens (tertiary/aromatic N) is 2. The topological polar surface area (TPSA) is 35.6 Å². The number of benzene rings is 2. The summed E-state index contributed by atoms with van der Waals surface area (Å²) in [7, 11) is 0. The number of amides is 1. The molecule has 0 spiro atoms. The lowest BCUT2D eigenvalue weighted by Gasteiger charge is -2.34. The van der Waals surface area contributed by atoms with E-state index in [2.05, 4.69) is 46.3 Å². The van der Waals surface area contributed by atoms with Crippen LogP contribution in [0.5, 0.6) is 0 Å². The van der Waals surface area contributed by atoms with E-state index in [4.69, 9.17) is 23.2 Å². The monoisotopic (exact) mass is 391 g/mol. The number of piperazine rings is 1. The van der Waals surface area contributed by atoms with Gasteiger partial charge in [-0.15, -0.1) is 0 Å². The highest BCUT2D eigenvalue weighted by Crippen LogP contribution is 2.22. The summed E-state index contributed by atoms with van der Waals surface area (Å²) in [6.45, 7) is 7.19. The molecule has 0 bridgehead atoms. The SMILES string of the molecule is Cc1ccccc1CN1CCN(CC(=O)Nc2cc(Cl)cc(Cl)c2)CC1. The lowest BCUT2D eigenvalue weighted by atomic mass is 10.1. The molecule has 3 rings (SSSR count). The quantitative estimate of drug-likeness (QED) is 0.834. The maximum Gasteiger partial charge on any atom is 0.238 e. The zero-order valence-corrected chi connectivity index (χ0v) is 16.4. The van der Waals surface area contributed by atoms with Gasteiger partial charge in [-0.05, 0) is 36.2 Å². The largest absolute Gasteiger partial charge is 0.325 e. The Morgan fingerprint density at radius 3 is 2.27 bits per heavy atom. The lowest BCUT2D eigenvalue weighted by Crippen LogP contribution is -2.48. The van der Waals surface area contributed by atoms with Gasteiger partial charge in [-0.3, -0.25) is 14.6 Å². The number of hydrogen-bond acceptors (Lipinski definition) is 3. The van der Waals surface area contributed by atoms with E-state index in [0.29, 0.717) is 22.3 Å². The molecular formula is C20H23Cl2N3O. The number of hydrogen-bond donors (Lipinski definition) is 1. The Bertz CT molecular complexity index is 753. The molecule has 4 nitrogen and oxygen atoms in total. The Kier molecular flexibility index (Phi) is 6.54. The fourth-order valence-corrected chi connectivity index (χ4v) is 3.69. The standard InChI is InChI=1S/C20H23Cl2N3O/c1-15-4-2-3-5-16(15)13-24-6-8-25(9-7-24)14-20(26)23-19-11-17(21)10-18(22)12-19/h2-5,10-12H,6-9,13-14H2,1H3,(H,23,26). The van der Waals surface area contributed by atoms with Crippen molar-refractivity contribution >= 4 is 34.8 Å². The molecule has 0 aromatic heterocycles. The smallest absolute Gasteiger partial charge is 0.238 e. The number of anilines is 1. The molecule has 1 heterocycles. The molecular weight excluding hydrogens is 369 g/mol. The fourth-order valence-electron chi connectivity index (χ4n) is 3.16. The third-order valence-electron chi connectivity index (χ3n) is 4.63. The zero-order valence-electron chi connectivity index (χ0n) is 14.8. The summed E-state index contributed by atoms with van der Waals surface area (Å²) >= 11 is 11.9. The van der Waals surface area contributed by atoms with Crippen molar-refractivity contribution in [2.24, 2.45) is 0 Å². The van der Waals surface area contributed by atoms with Gasteiger partial charge < -0.3 is 5.32 Å². The first-order valence-electron chi connectivity index (χ1n) is 8.75. The van der Waals surface area contributed by atoms with Crippen LogP contribution in [0.4, 0.5) is 5.69 Å².